The van der Waals surface area contributed by atoms with Gasteiger partial charge in [0.05, 0.1) is 11.3 Å². The van der Waals surface area contributed by atoms with Crippen molar-refractivity contribution < 1.29 is 9.72 Å². The van der Waals surface area contributed by atoms with E-state index in [2.05, 4.69) is 5.10 Å². The lowest BCUT2D eigenvalue weighted by Crippen LogP contribution is -2.06. The Labute approximate surface area is 87.0 Å². The highest BCUT2D eigenvalue weighted by Crippen LogP contribution is 2.23. The van der Waals surface area contributed by atoms with Gasteiger partial charge in [0.15, 0.2) is 0 Å². The SMILES string of the molecule is CCc1nn(C)c(CC(C)=O)c1[N+](=O)[O-]. The molecule has 1 aromatic rings. The highest BCUT2D eigenvalue weighted by atomic mass is 16.6. The average molecular weight is 211 g/mol. The van der Waals surface area contributed by atoms with E-state index < -0.39 is 4.92 Å². The molecule has 1 aromatic heterocycles. The number of hydrogen-bond donors (Lipinski definition) is 0. The molecule has 0 fully saturated rings. The molecule has 82 valence electrons. The molecule has 0 amide bonds. The van der Waals surface area contributed by atoms with Crippen LogP contribution in [-0.2, 0) is 24.7 Å². The van der Waals surface area contributed by atoms with Gasteiger partial charge in [-0.2, -0.15) is 5.10 Å². The lowest BCUT2D eigenvalue weighted by molar-refractivity contribution is -0.386. The lowest BCUT2D eigenvalue weighted by atomic mass is 10.2. The second-order valence-corrected chi connectivity index (χ2v) is 3.36. The first kappa shape index (κ1) is 11.4. The van der Waals surface area contributed by atoms with Crippen molar-refractivity contribution in [3.8, 4) is 0 Å². The molecule has 0 aliphatic carbocycles. The van der Waals surface area contributed by atoms with Crippen LogP contribution in [0.25, 0.3) is 0 Å². The minimum atomic E-state index is -0.468. The van der Waals surface area contributed by atoms with E-state index in [4.69, 9.17) is 0 Å². The summed E-state index contributed by atoms with van der Waals surface area (Å²) in [6, 6.07) is 0. The van der Waals surface area contributed by atoms with E-state index in [9.17, 15) is 14.9 Å². The van der Waals surface area contributed by atoms with E-state index in [1.165, 1.54) is 11.6 Å². The van der Waals surface area contributed by atoms with Crippen molar-refractivity contribution in [1.29, 1.82) is 0 Å². The fraction of sp³-hybridized carbons (Fsp3) is 0.556. The van der Waals surface area contributed by atoms with Gasteiger partial charge in [0, 0.05) is 7.05 Å². The third-order valence-electron chi connectivity index (χ3n) is 2.14. The predicted octanol–water partition coefficient (Wildman–Crippen LogP) is 1.02. The highest BCUT2D eigenvalue weighted by molar-refractivity contribution is 5.79. The maximum atomic E-state index is 11.0. The molecular weight excluding hydrogens is 198 g/mol. The van der Waals surface area contributed by atoms with Gasteiger partial charge < -0.3 is 0 Å². The van der Waals surface area contributed by atoms with Crippen LogP contribution in [0.1, 0.15) is 25.2 Å². The zero-order chi connectivity index (χ0) is 11.6. The summed E-state index contributed by atoms with van der Waals surface area (Å²) < 4.78 is 1.42. The van der Waals surface area contributed by atoms with E-state index in [1.807, 2.05) is 0 Å². The smallest absolute Gasteiger partial charge is 0.300 e. The summed E-state index contributed by atoms with van der Waals surface area (Å²) in [5.41, 5.74) is 0.790. The molecule has 1 heterocycles. The quantitative estimate of drug-likeness (QED) is 0.550. The van der Waals surface area contributed by atoms with E-state index >= 15 is 0 Å². The molecule has 0 atom stereocenters. The highest BCUT2D eigenvalue weighted by Gasteiger charge is 2.25. The van der Waals surface area contributed by atoms with Crippen molar-refractivity contribution in [3.63, 3.8) is 0 Å². The van der Waals surface area contributed by atoms with Crippen molar-refractivity contribution in [2.75, 3.05) is 0 Å². The van der Waals surface area contributed by atoms with Gasteiger partial charge in [0.1, 0.15) is 17.2 Å². The van der Waals surface area contributed by atoms with Gasteiger partial charge in [0.2, 0.25) is 0 Å². The zero-order valence-corrected chi connectivity index (χ0v) is 8.98. The van der Waals surface area contributed by atoms with Gasteiger partial charge in [-0.3, -0.25) is 19.6 Å². The molecule has 0 bridgehead atoms. The summed E-state index contributed by atoms with van der Waals surface area (Å²) in [7, 11) is 1.62. The third kappa shape index (κ3) is 2.20. The molecule has 0 spiro atoms. The van der Waals surface area contributed by atoms with Crippen molar-refractivity contribution >= 4 is 11.5 Å². The van der Waals surface area contributed by atoms with E-state index in [0.29, 0.717) is 17.8 Å². The Morgan fingerprint density at radius 3 is 2.60 bits per heavy atom. The molecule has 0 aromatic carbocycles. The van der Waals surface area contributed by atoms with Gasteiger partial charge in [-0.15, -0.1) is 0 Å². The van der Waals surface area contributed by atoms with Crippen LogP contribution in [0.4, 0.5) is 5.69 Å². The standard InChI is InChI=1S/C9H13N3O3/c1-4-7-9(12(14)15)8(5-6(2)13)11(3)10-7/h4-5H2,1-3H3. The van der Waals surface area contributed by atoms with Gasteiger partial charge in [-0.1, -0.05) is 6.92 Å². The van der Waals surface area contributed by atoms with Crippen molar-refractivity contribution in [1.82, 2.24) is 9.78 Å². The minimum Gasteiger partial charge on any atom is -0.300 e. The Balaban J connectivity index is 3.28. The van der Waals surface area contributed by atoms with Gasteiger partial charge >= 0.3 is 5.69 Å². The fourth-order valence-corrected chi connectivity index (χ4v) is 1.49. The van der Waals surface area contributed by atoms with Crippen LogP contribution in [0.5, 0.6) is 0 Å². The predicted molar refractivity (Wildman–Crippen MR) is 53.6 cm³/mol. The first-order valence-electron chi connectivity index (χ1n) is 4.66. The molecule has 0 unspecified atom stereocenters. The molecule has 0 radical (unpaired) electrons. The Morgan fingerprint density at radius 2 is 2.20 bits per heavy atom. The topological polar surface area (TPSA) is 78.0 Å². The van der Waals surface area contributed by atoms with E-state index in [-0.39, 0.29) is 17.9 Å². The van der Waals surface area contributed by atoms with Crippen molar-refractivity contribution in [3.05, 3.63) is 21.5 Å². The van der Waals surface area contributed by atoms with Gasteiger partial charge in [-0.05, 0) is 13.3 Å². The number of carbonyl (C=O) groups excluding carboxylic acids is 1. The van der Waals surface area contributed by atoms with Crippen LogP contribution in [0, 0.1) is 10.1 Å². The number of hydrogen-bond acceptors (Lipinski definition) is 4. The number of Topliss-reactive ketones (excluding diaryl/α,β-unsaturated/α-hetero) is 1. The third-order valence-corrected chi connectivity index (χ3v) is 2.14. The number of rotatable bonds is 4. The Hall–Kier alpha value is -1.72. The summed E-state index contributed by atoms with van der Waals surface area (Å²) >= 11 is 0. The van der Waals surface area contributed by atoms with Crippen LogP contribution in [0.15, 0.2) is 0 Å². The van der Waals surface area contributed by atoms with Crippen LogP contribution in [0.3, 0.4) is 0 Å². The Morgan fingerprint density at radius 1 is 1.60 bits per heavy atom. The number of aromatic nitrogens is 2. The molecular formula is C9H13N3O3. The summed E-state index contributed by atoms with van der Waals surface area (Å²) in [5.74, 6) is -0.108. The Bertz CT molecular complexity index is 409. The van der Waals surface area contributed by atoms with Gasteiger partial charge in [-0.25, -0.2) is 0 Å². The number of ketones is 1. The molecule has 0 saturated heterocycles. The van der Waals surface area contributed by atoms with Gasteiger partial charge in [0.25, 0.3) is 0 Å². The maximum Gasteiger partial charge on any atom is 0.313 e. The first-order chi connectivity index (χ1) is 6.97. The molecule has 6 heteroatoms. The largest absolute Gasteiger partial charge is 0.313 e. The fourth-order valence-electron chi connectivity index (χ4n) is 1.49. The summed E-state index contributed by atoms with van der Waals surface area (Å²) in [6.07, 6.45) is 0.544. The molecule has 6 nitrogen and oxygen atoms in total. The average Bonchev–Trinajstić information content (AvgIpc) is 2.42. The number of carbonyl (C=O) groups is 1. The lowest BCUT2D eigenvalue weighted by Gasteiger charge is -1.97. The monoisotopic (exact) mass is 211 g/mol. The number of nitrogens with zero attached hydrogens (tertiary/aromatic N) is 3. The van der Waals surface area contributed by atoms with Crippen LogP contribution in [-0.4, -0.2) is 20.5 Å². The van der Waals surface area contributed by atoms with Crippen LogP contribution >= 0.6 is 0 Å². The van der Waals surface area contributed by atoms with Crippen LogP contribution in [0.2, 0.25) is 0 Å². The summed E-state index contributed by atoms with van der Waals surface area (Å²) in [4.78, 5) is 21.3. The zero-order valence-electron chi connectivity index (χ0n) is 8.98. The molecule has 0 aliphatic heterocycles. The molecule has 0 saturated carbocycles. The molecule has 1 rings (SSSR count). The van der Waals surface area contributed by atoms with Crippen molar-refractivity contribution in [2.45, 2.75) is 26.7 Å². The van der Waals surface area contributed by atoms with Crippen molar-refractivity contribution in [2.24, 2.45) is 7.05 Å². The molecule has 0 aliphatic rings. The second kappa shape index (κ2) is 4.20. The first-order valence-corrected chi connectivity index (χ1v) is 4.66. The second-order valence-electron chi connectivity index (χ2n) is 3.36. The summed E-state index contributed by atoms with van der Waals surface area (Å²) in [6.45, 7) is 3.20. The minimum absolute atomic E-state index is 0.0183. The summed E-state index contributed by atoms with van der Waals surface area (Å²) in [5, 5.41) is 14.9. The number of nitro groups is 1. The van der Waals surface area contributed by atoms with E-state index in [1.54, 1.807) is 14.0 Å². The molecule has 0 N–H and O–H groups in total. The molecule has 15 heavy (non-hydrogen) atoms. The maximum absolute atomic E-state index is 11.0. The normalized spacial score (nSPS) is 10.3. The van der Waals surface area contributed by atoms with Crippen LogP contribution < -0.4 is 0 Å². The Kier molecular flexibility index (Phi) is 3.18. The number of aryl methyl sites for hydroxylation is 2. The van der Waals surface area contributed by atoms with E-state index in [0.717, 1.165) is 0 Å².